The largest absolute Gasteiger partial charge is 0.323 e. The Morgan fingerprint density at radius 1 is 1.39 bits per heavy atom. The number of benzene rings is 1. The molecule has 3 heteroatoms. The first-order valence-corrected chi connectivity index (χ1v) is 6.62. The van der Waals surface area contributed by atoms with E-state index in [0.717, 1.165) is 35.7 Å². The molecule has 3 nitrogen and oxygen atoms in total. The minimum Gasteiger partial charge on any atom is -0.323 e. The molecular weight excluding hydrogens is 224 g/mol. The van der Waals surface area contributed by atoms with Crippen molar-refractivity contribution in [3.63, 3.8) is 0 Å². The summed E-state index contributed by atoms with van der Waals surface area (Å²) in [5.41, 5.74) is 7.27. The fraction of sp³-hybridized carbons (Fsp3) is 0.400. The van der Waals surface area contributed by atoms with Gasteiger partial charge in [0.1, 0.15) is 0 Å². The van der Waals surface area contributed by atoms with E-state index in [2.05, 4.69) is 13.0 Å². The molecule has 1 fully saturated rings. The van der Waals surface area contributed by atoms with Crippen LogP contribution in [0.1, 0.15) is 44.0 Å². The molecule has 0 amide bonds. The lowest BCUT2D eigenvalue weighted by Crippen LogP contribution is -2.27. The van der Waals surface area contributed by atoms with Crippen molar-refractivity contribution in [3.8, 4) is 0 Å². The summed E-state index contributed by atoms with van der Waals surface area (Å²) < 4.78 is 1.93. The van der Waals surface area contributed by atoms with Crippen molar-refractivity contribution in [1.29, 1.82) is 0 Å². The molecule has 2 aromatic rings. The van der Waals surface area contributed by atoms with Crippen LogP contribution in [0.3, 0.4) is 0 Å². The molecule has 3 rings (SSSR count). The zero-order chi connectivity index (χ0) is 12.7. The molecule has 1 aromatic heterocycles. The van der Waals surface area contributed by atoms with E-state index in [1.807, 2.05) is 28.8 Å². The molecule has 0 spiro atoms. The Hall–Kier alpha value is -1.61. The van der Waals surface area contributed by atoms with Gasteiger partial charge in [0.05, 0.1) is 0 Å². The van der Waals surface area contributed by atoms with Crippen molar-refractivity contribution in [2.45, 2.75) is 38.3 Å². The van der Waals surface area contributed by atoms with Gasteiger partial charge in [-0.05, 0) is 36.8 Å². The molecule has 0 saturated heterocycles. The van der Waals surface area contributed by atoms with Crippen LogP contribution >= 0.6 is 0 Å². The topological polar surface area (TPSA) is 48.0 Å². The zero-order valence-corrected chi connectivity index (χ0v) is 10.6. The van der Waals surface area contributed by atoms with Crippen LogP contribution in [-0.2, 0) is 0 Å². The Balaban J connectivity index is 2.32. The summed E-state index contributed by atoms with van der Waals surface area (Å²) in [5.74, 6) is 0. The predicted octanol–water partition coefficient (Wildman–Crippen LogP) is 2.75. The Bertz CT molecular complexity index is 640. The van der Waals surface area contributed by atoms with Crippen LogP contribution in [0.15, 0.2) is 35.1 Å². The van der Waals surface area contributed by atoms with Gasteiger partial charge < -0.3 is 10.3 Å². The number of nitrogens with zero attached hydrogens (tertiary/aromatic N) is 1. The molecule has 2 N–H and O–H groups in total. The van der Waals surface area contributed by atoms with E-state index in [-0.39, 0.29) is 11.6 Å². The average Bonchev–Trinajstić information content (AvgIpc) is 3.22. The van der Waals surface area contributed by atoms with Gasteiger partial charge in [0.25, 0.3) is 5.56 Å². The second-order valence-electron chi connectivity index (χ2n) is 5.08. The lowest BCUT2D eigenvalue weighted by atomic mass is 10.1. The first-order valence-electron chi connectivity index (χ1n) is 6.62. The second kappa shape index (κ2) is 4.25. The molecule has 18 heavy (non-hydrogen) atoms. The van der Waals surface area contributed by atoms with E-state index in [1.54, 1.807) is 0 Å². The highest BCUT2D eigenvalue weighted by Gasteiger charge is 2.28. The average molecular weight is 242 g/mol. The molecule has 0 radical (unpaired) electrons. The maximum absolute atomic E-state index is 12.6. The third kappa shape index (κ3) is 1.75. The Labute approximate surface area is 106 Å². The molecule has 0 unspecified atom stereocenters. The quantitative estimate of drug-likeness (QED) is 0.899. The number of rotatable bonds is 3. The molecule has 1 aromatic carbocycles. The highest BCUT2D eigenvalue weighted by Crippen LogP contribution is 2.36. The maximum Gasteiger partial charge on any atom is 0.258 e. The SMILES string of the molecule is CC[C@H](N)c1cc2ccccc2c(=O)n1C1CC1. The van der Waals surface area contributed by atoms with Gasteiger partial charge >= 0.3 is 0 Å². The minimum absolute atomic E-state index is 0.0529. The number of hydrogen-bond donors (Lipinski definition) is 1. The molecular formula is C15H18N2O. The van der Waals surface area contributed by atoms with Crippen LogP contribution in [-0.4, -0.2) is 4.57 Å². The summed E-state index contributed by atoms with van der Waals surface area (Å²) in [6.07, 6.45) is 3.05. The van der Waals surface area contributed by atoms with Crippen molar-refractivity contribution < 1.29 is 0 Å². The summed E-state index contributed by atoms with van der Waals surface area (Å²) in [5, 5.41) is 1.80. The van der Waals surface area contributed by atoms with Crippen molar-refractivity contribution in [2.24, 2.45) is 5.73 Å². The smallest absolute Gasteiger partial charge is 0.258 e. The third-order valence-corrected chi connectivity index (χ3v) is 3.72. The predicted molar refractivity (Wildman–Crippen MR) is 73.7 cm³/mol. The molecule has 0 bridgehead atoms. The highest BCUT2D eigenvalue weighted by atomic mass is 16.1. The van der Waals surface area contributed by atoms with Gasteiger partial charge in [-0.2, -0.15) is 0 Å². The number of aromatic nitrogens is 1. The number of fused-ring (bicyclic) bond motifs is 1. The van der Waals surface area contributed by atoms with Crippen molar-refractivity contribution in [2.75, 3.05) is 0 Å². The Morgan fingerprint density at radius 2 is 2.11 bits per heavy atom. The normalized spacial score (nSPS) is 17.0. The minimum atomic E-state index is -0.0529. The van der Waals surface area contributed by atoms with Crippen LogP contribution in [0, 0.1) is 0 Å². The molecule has 1 aliphatic rings. The maximum atomic E-state index is 12.6. The van der Waals surface area contributed by atoms with Gasteiger partial charge in [0, 0.05) is 23.2 Å². The highest BCUT2D eigenvalue weighted by molar-refractivity contribution is 5.82. The van der Waals surface area contributed by atoms with Crippen LogP contribution in [0.25, 0.3) is 10.8 Å². The van der Waals surface area contributed by atoms with E-state index in [0.29, 0.717) is 6.04 Å². The second-order valence-corrected chi connectivity index (χ2v) is 5.08. The first-order chi connectivity index (χ1) is 8.72. The molecule has 1 saturated carbocycles. The van der Waals surface area contributed by atoms with Gasteiger partial charge in [-0.1, -0.05) is 25.1 Å². The summed E-state index contributed by atoms with van der Waals surface area (Å²) in [6.45, 7) is 2.06. The van der Waals surface area contributed by atoms with Crippen LogP contribution in [0.2, 0.25) is 0 Å². The van der Waals surface area contributed by atoms with E-state index in [4.69, 9.17) is 5.73 Å². The lowest BCUT2D eigenvalue weighted by molar-refractivity contribution is 0.582. The molecule has 1 heterocycles. The van der Waals surface area contributed by atoms with Crippen LogP contribution in [0.5, 0.6) is 0 Å². The molecule has 94 valence electrons. The Kier molecular flexibility index (Phi) is 2.71. The van der Waals surface area contributed by atoms with Gasteiger partial charge in [0.2, 0.25) is 0 Å². The standard InChI is InChI=1S/C15H18N2O/c1-2-13(16)14-9-10-5-3-4-6-12(10)15(18)17(14)11-7-8-11/h3-6,9,11,13H,2,7-8,16H2,1H3/t13-/m0/s1. The molecule has 1 atom stereocenters. The molecule has 1 aliphatic carbocycles. The Morgan fingerprint density at radius 3 is 2.78 bits per heavy atom. The summed E-state index contributed by atoms with van der Waals surface area (Å²) in [4.78, 5) is 12.6. The monoisotopic (exact) mass is 242 g/mol. The van der Waals surface area contributed by atoms with E-state index in [9.17, 15) is 4.79 Å². The van der Waals surface area contributed by atoms with Crippen LogP contribution in [0.4, 0.5) is 0 Å². The van der Waals surface area contributed by atoms with Crippen molar-refractivity contribution in [1.82, 2.24) is 4.57 Å². The van der Waals surface area contributed by atoms with Crippen molar-refractivity contribution >= 4 is 10.8 Å². The molecule has 0 aliphatic heterocycles. The van der Waals surface area contributed by atoms with Crippen LogP contribution < -0.4 is 11.3 Å². The van der Waals surface area contributed by atoms with Gasteiger partial charge in [-0.15, -0.1) is 0 Å². The third-order valence-electron chi connectivity index (χ3n) is 3.72. The summed E-state index contributed by atoms with van der Waals surface area (Å²) >= 11 is 0. The number of pyridine rings is 1. The van der Waals surface area contributed by atoms with E-state index < -0.39 is 0 Å². The van der Waals surface area contributed by atoms with Gasteiger partial charge in [-0.3, -0.25) is 4.79 Å². The van der Waals surface area contributed by atoms with E-state index >= 15 is 0 Å². The number of nitrogens with two attached hydrogens (primary N) is 1. The lowest BCUT2D eigenvalue weighted by Gasteiger charge is -2.18. The number of hydrogen-bond acceptors (Lipinski definition) is 2. The summed E-state index contributed by atoms with van der Waals surface area (Å²) in [7, 11) is 0. The van der Waals surface area contributed by atoms with E-state index in [1.165, 1.54) is 0 Å². The van der Waals surface area contributed by atoms with Gasteiger partial charge in [-0.25, -0.2) is 0 Å². The fourth-order valence-corrected chi connectivity index (χ4v) is 2.50. The van der Waals surface area contributed by atoms with Gasteiger partial charge in [0.15, 0.2) is 0 Å². The first kappa shape index (κ1) is 11.5. The fourth-order valence-electron chi connectivity index (χ4n) is 2.50. The summed E-state index contributed by atoms with van der Waals surface area (Å²) in [6, 6.07) is 10.2. The van der Waals surface area contributed by atoms with Crippen molar-refractivity contribution in [3.05, 3.63) is 46.4 Å². The zero-order valence-electron chi connectivity index (χ0n) is 10.6.